The molecule has 0 spiro atoms. The average Bonchev–Trinajstić information content (AvgIpc) is 1.97. The molecule has 0 aromatic carbocycles. The van der Waals surface area contributed by atoms with Crippen molar-refractivity contribution in [3.8, 4) is 0 Å². The SMILES string of the molecule is CC(C)=CCCCC(O)C(=O)O. The highest BCUT2D eigenvalue weighted by Crippen LogP contribution is 2.03. The molecule has 0 heterocycles. The van der Waals surface area contributed by atoms with E-state index in [0.29, 0.717) is 6.42 Å². The van der Waals surface area contributed by atoms with E-state index in [2.05, 4.69) is 0 Å². The van der Waals surface area contributed by atoms with Gasteiger partial charge in [0.25, 0.3) is 0 Å². The molecular weight excluding hydrogens is 156 g/mol. The Labute approximate surface area is 72.7 Å². The Morgan fingerprint density at radius 2 is 2.08 bits per heavy atom. The highest BCUT2D eigenvalue weighted by atomic mass is 16.4. The van der Waals surface area contributed by atoms with Gasteiger partial charge in [0.05, 0.1) is 0 Å². The first kappa shape index (κ1) is 11.2. The summed E-state index contributed by atoms with van der Waals surface area (Å²) in [5.74, 6) is -1.13. The maximum Gasteiger partial charge on any atom is 0.332 e. The summed E-state index contributed by atoms with van der Waals surface area (Å²) in [6.07, 6.45) is 2.73. The molecule has 12 heavy (non-hydrogen) atoms. The molecule has 2 N–H and O–H groups in total. The summed E-state index contributed by atoms with van der Waals surface area (Å²) in [4.78, 5) is 10.2. The van der Waals surface area contributed by atoms with Gasteiger partial charge in [-0.3, -0.25) is 0 Å². The molecule has 3 heteroatoms. The highest BCUT2D eigenvalue weighted by molar-refractivity contribution is 5.71. The zero-order valence-corrected chi connectivity index (χ0v) is 7.58. The first-order valence-electron chi connectivity index (χ1n) is 4.08. The van der Waals surface area contributed by atoms with E-state index in [1.807, 2.05) is 19.9 Å². The Kier molecular flexibility index (Phi) is 5.37. The molecule has 0 aliphatic carbocycles. The topological polar surface area (TPSA) is 57.5 Å². The minimum absolute atomic E-state index is 0.332. The summed E-state index contributed by atoms with van der Waals surface area (Å²) in [6.45, 7) is 3.99. The van der Waals surface area contributed by atoms with Crippen molar-refractivity contribution in [3.05, 3.63) is 11.6 Å². The van der Waals surface area contributed by atoms with E-state index >= 15 is 0 Å². The van der Waals surface area contributed by atoms with Gasteiger partial charge in [0.1, 0.15) is 0 Å². The highest BCUT2D eigenvalue weighted by Gasteiger charge is 2.10. The first-order chi connectivity index (χ1) is 5.54. The molecule has 3 nitrogen and oxygen atoms in total. The van der Waals surface area contributed by atoms with Crippen LogP contribution in [0.3, 0.4) is 0 Å². The second-order valence-corrected chi connectivity index (χ2v) is 3.07. The van der Waals surface area contributed by atoms with Crippen molar-refractivity contribution in [3.63, 3.8) is 0 Å². The fraction of sp³-hybridized carbons (Fsp3) is 0.667. The van der Waals surface area contributed by atoms with Gasteiger partial charge in [0, 0.05) is 0 Å². The van der Waals surface area contributed by atoms with Gasteiger partial charge in [0.15, 0.2) is 6.10 Å². The number of rotatable bonds is 5. The second-order valence-electron chi connectivity index (χ2n) is 3.07. The van der Waals surface area contributed by atoms with Crippen molar-refractivity contribution in [1.29, 1.82) is 0 Å². The third-order valence-electron chi connectivity index (χ3n) is 1.52. The van der Waals surface area contributed by atoms with E-state index in [1.54, 1.807) is 0 Å². The van der Waals surface area contributed by atoms with Gasteiger partial charge >= 0.3 is 5.97 Å². The number of carbonyl (C=O) groups is 1. The predicted molar refractivity (Wildman–Crippen MR) is 46.9 cm³/mol. The lowest BCUT2D eigenvalue weighted by molar-refractivity contribution is -0.146. The lowest BCUT2D eigenvalue weighted by Gasteiger charge is -2.02. The predicted octanol–water partition coefficient (Wildman–Crippen LogP) is 1.57. The molecule has 0 saturated heterocycles. The number of hydrogen-bond acceptors (Lipinski definition) is 2. The van der Waals surface area contributed by atoms with Crippen LogP contribution in [-0.2, 0) is 4.79 Å². The molecule has 0 aromatic rings. The van der Waals surface area contributed by atoms with Crippen LogP contribution in [-0.4, -0.2) is 22.3 Å². The number of aliphatic carboxylic acids is 1. The smallest absolute Gasteiger partial charge is 0.332 e. The van der Waals surface area contributed by atoms with Crippen LogP contribution < -0.4 is 0 Å². The molecule has 0 rings (SSSR count). The number of aliphatic hydroxyl groups excluding tert-OH is 1. The van der Waals surface area contributed by atoms with Gasteiger partial charge in [-0.15, -0.1) is 0 Å². The van der Waals surface area contributed by atoms with Gasteiger partial charge in [0.2, 0.25) is 0 Å². The van der Waals surface area contributed by atoms with Crippen LogP contribution in [0.4, 0.5) is 0 Å². The molecule has 0 radical (unpaired) electrons. The van der Waals surface area contributed by atoms with Crippen molar-refractivity contribution in [2.45, 2.75) is 39.2 Å². The van der Waals surface area contributed by atoms with Crippen molar-refractivity contribution in [2.24, 2.45) is 0 Å². The molecule has 1 atom stereocenters. The Bertz CT molecular complexity index is 169. The number of hydrogen-bond donors (Lipinski definition) is 2. The van der Waals surface area contributed by atoms with E-state index in [-0.39, 0.29) is 0 Å². The zero-order valence-electron chi connectivity index (χ0n) is 7.58. The molecule has 0 aromatic heterocycles. The van der Waals surface area contributed by atoms with Crippen LogP contribution in [0.2, 0.25) is 0 Å². The van der Waals surface area contributed by atoms with Gasteiger partial charge in [-0.25, -0.2) is 4.79 Å². The summed E-state index contributed by atoms with van der Waals surface area (Å²) >= 11 is 0. The Morgan fingerprint density at radius 1 is 1.50 bits per heavy atom. The fourth-order valence-electron chi connectivity index (χ4n) is 0.825. The lowest BCUT2D eigenvalue weighted by Crippen LogP contribution is -2.18. The van der Waals surface area contributed by atoms with Crippen LogP contribution in [0.1, 0.15) is 33.1 Å². The Balaban J connectivity index is 3.44. The molecule has 1 unspecified atom stereocenters. The van der Waals surface area contributed by atoms with Gasteiger partial charge < -0.3 is 10.2 Å². The van der Waals surface area contributed by atoms with Gasteiger partial charge in [-0.05, 0) is 33.1 Å². The van der Waals surface area contributed by atoms with Crippen molar-refractivity contribution in [2.75, 3.05) is 0 Å². The summed E-state index contributed by atoms with van der Waals surface area (Å²) in [7, 11) is 0. The van der Waals surface area contributed by atoms with E-state index in [9.17, 15) is 4.79 Å². The quantitative estimate of drug-likeness (QED) is 0.489. The fourth-order valence-corrected chi connectivity index (χ4v) is 0.825. The molecule has 70 valence electrons. The number of carboxylic acids is 1. The summed E-state index contributed by atoms with van der Waals surface area (Å²) in [5, 5.41) is 17.2. The molecule has 0 amide bonds. The largest absolute Gasteiger partial charge is 0.479 e. The first-order valence-corrected chi connectivity index (χ1v) is 4.08. The van der Waals surface area contributed by atoms with E-state index in [1.165, 1.54) is 5.57 Å². The van der Waals surface area contributed by atoms with Crippen molar-refractivity contribution < 1.29 is 15.0 Å². The van der Waals surface area contributed by atoms with Crippen LogP contribution in [0.25, 0.3) is 0 Å². The molecular formula is C9H16O3. The number of unbranched alkanes of at least 4 members (excludes halogenated alkanes) is 1. The second kappa shape index (κ2) is 5.77. The van der Waals surface area contributed by atoms with E-state index in [4.69, 9.17) is 10.2 Å². The maximum absolute atomic E-state index is 10.2. The average molecular weight is 172 g/mol. The summed E-state index contributed by atoms with van der Waals surface area (Å²) in [5.41, 5.74) is 1.22. The zero-order chi connectivity index (χ0) is 9.56. The summed E-state index contributed by atoms with van der Waals surface area (Å²) < 4.78 is 0. The number of allylic oxidation sites excluding steroid dienone is 2. The van der Waals surface area contributed by atoms with Gasteiger partial charge in [-0.2, -0.15) is 0 Å². The summed E-state index contributed by atoms with van der Waals surface area (Å²) in [6, 6.07) is 0. The Morgan fingerprint density at radius 3 is 2.50 bits per heavy atom. The third kappa shape index (κ3) is 5.92. The minimum atomic E-state index is -1.20. The molecule has 0 fully saturated rings. The molecule has 0 aliphatic heterocycles. The monoisotopic (exact) mass is 172 g/mol. The van der Waals surface area contributed by atoms with Crippen LogP contribution in [0.5, 0.6) is 0 Å². The van der Waals surface area contributed by atoms with Gasteiger partial charge in [-0.1, -0.05) is 11.6 Å². The molecule has 0 aliphatic rings. The van der Waals surface area contributed by atoms with Crippen LogP contribution in [0, 0.1) is 0 Å². The maximum atomic E-state index is 10.2. The molecule has 0 saturated carbocycles. The third-order valence-corrected chi connectivity index (χ3v) is 1.52. The standard InChI is InChI=1S/C9H16O3/c1-7(2)5-3-4-6-8(10)9(11)12/h5,8,10H,3-4,6H2,1-2H3,(H,11,12). The van der Waals surface area contributed by atoms with Crippen LogP contribution >= 0.6 is 0 Å². The number of aliphatic hydroxyl groups is 1. The van der Waals surface area contributed by atoms with Crippen molar-refractivity contribution >= 4 is 5.97 Å². The lowest BCUT2D eigenvalue weighted by atomic mass is 10.1. The van der Waals surface area contributed by atoms with E-state index < -0.39 is 12.1 Å². The Hall–Kier alpha value is -0.830. The number of carboxylic acid groups (broad SMARTS) is 1. The minimum Gasteiger partial charge on any atom is -0.479 e. The molecule has 0 bridgehead atoms. The van der Waals surface area contributed by atoms with Crippen molar-refractivity contribution in [1.82, 2.24) is 0 Å². The van der Waals surface area contributed by atoms with E-state index in [0.717, 1.165) is 12.8 Å². The van der Waals surface area contributed by atoms with Crippen LogP contribution in [0.15, 0.2) is 11.6 Å². The normalized spacial score (nSPS) is 12.2.